The first-order chi connectivity index (χ1) is 13.2. The Balaban J connectivity index is 1.49. The minimum Gasteiger partial charge on any atom is -0.492 e. The first-order valence-electron chi connectivity index (χ1n) is 9.66. The fraction of sp³-hybridized carbons (Fsp3) is 0.364. The molecule has 0 saturated carbocycles. The number of aromatic nitrogens is 2. The molecule has 1 saturated heterocycles. The number of likely N-dealkylation sites (tertiary alicyclic amines) is 1. The van der Waals surface area contributed by atoms with Crippen LogP contribution in [0.4, 0.5) is 0 Å². The van der Waals surface area contributed by atoms with Gasteiger partial charge >= 0.3 is 0 Å². The van der Waals surface area contributed by atoms with Crippen LogP contribution in [0, 0.1) is 6.92 Å². The average molecular weight is 363 g/mol. The molecule has 0 spiro atoms. The highest BCUT2D eigenvalue weighted by Crippen LogP contribution is 2.17. The van der Waals surface area contributed by atoms with E-state index < -0.39 is 0 Å². The van der Waals surface area contributed by atoms with Gasteiger partial charge in [-0.15, -0.1) is 0 Å². The van der Waals surface area contributed by atoms with E-state index in [1.165, 1.54) is 32.4 Å². The van der Waals surface area contributed by atoms with Gasteiger partial charge in [0.1, 0.15) is 18.2 Å². The van der Waals surface area contributed by atoms with Gasteiger partial charge < -0.3 is 4.74 Å². The lowest BCUT2D eigenvalue weighted by Gasteiger charge is -2.26. The molecule has 27 heavy (non-hydrogen) atoms. The van der Waals surface area contributed by atoms with Crippen LogP contribution in [-0.2, 0) is 0 Å². The van der Waals surface area contributed by atoms with Crippen molar-refractivity contribution in [1.82, 2.24) is 14.5 Å². The molecule has 3 aromatic rings. The highest BCUT2D eigenvalue weighted by atomic mass is 16.5. The zero-order chi connectivity index (χ0) is 18.6. The number of benzene rings is 2. The molecule has 5 heteroatoms. The maximum atomic E-state index is 12.9. The summed E-state index contributed by atoms with van der Waals surface area (Å²) in [6.45, 7) is 5.88. The number of rotatable bonds is 5. The molecular formula is C22H25N3O2. The highest BCUT2D eigenvalue weighted by Gasteiger charge is 2.11. The van der Waals surface area contributed by atoms with Crippen molar-refractivity contribution in [3.05, 3.63) is 64.7 Å². The first kappa shape index (κ1) is 17.7. The molecule has 4 rings (SSSR count). The lowest BCUT2D eigenvalue weighted by atomic mass is 10.1. The van der Waals surface area contributed by atoms with E-state index in [0.717, 1.165) is 23.5 Å². The van der Waals surface area contributed by atoms with Gasteiger partial charge in [0.05, 0.1) is 16.6 Å². The summed E-state index contributed by atoms with van der Waals surface area (Å²) in [5.74, 6) is 1.51. The summed E-state index contributed by atoms with van der Waals surface area (Å²) >= 11 is 0. The maximum Gasteiger partial charge on any atom is 0.265 e. The Morgan fingerprint density at radius 1 is 1.00 bits per heavy atom. The average Bonchev–Trinajstić information content (AvgIpc) is 2.70. The van der Waals surface area contributed by atoms with E-state index in [0.29, 0.717) is 17.8 Å². The first-order valence-corrected chi connectivity index (χ1v) is 9.66. The van der Waals surface area contributed by atoms with E-state index >= 15 is 0 Å². The summed E-state index contributed by atoms with van der Waals surface area (Å²) in [5, 5.41) is 0.630. The Morgan fingerprint density at radius 2 is 1.74 bits per heavy atom. The Kier molecular flexibility index (Phi) is 5.21. The number of para-hydroxylation sites is 1. The van der Waals surface area contributed by atoms with Crippen molar-refractivity contribution in [2.45, 2.75) is 26.2 Å². The standard InChI is InChI=1S/C22H25N3O2/c1-17-23-21-8-4-3-7-20(21)22(26)25(17)18-9-11-19(12-10-18)27-16-15-24-13-5-2-6-14-24/h3-4,7-12H,2,5-6,13-16H2,1H3. The molecule has 140 valence electrons. The van der Waals surface area contributed by atoms with Gasteiger partial charge in [0.15, 0.2) is 0 Å². The molecule has 5 nitrogen and oxygen atoms in total. The second-order valence-electron chi connectivity index (χ2n) is 7.06. The molecule has 0 atom stereocenters. The third-order valence-corrected chi connectivity index (χ3v) is 5.16. The predicted octanol–water partition coefficient (Wildman–Crippen LogP) is 3.56. The van der Waals surface area contributed by atoms with Crippen LogP contribution in [-0.4, -0.2) is 40.7 Å². The van der Waals surface area contributed by atoms with Gasteiger partial charge in [-0.1, -0.05) is 18.6 Å². The Hall–Kier alpha value is -2.66. The van der Waals surface area contributed by atoms with Crippen molar-refractivity contribution in [1.29, 1.82) is 0 Å². The number of hydrogen-bond donors (Lipinski definition) is 0. The van der Waals surface area contributed by atoms with Crippen LogP contribution >= 0.6 is 0 Å². The number of aryl methyl sites for hydroxylation is 1. The lowest BCUT2D eigenvalue weighted by Crippen LogP contribution is -2.33. The number of nitrogens with zero attached hydrogens (tertiary/aromatic N) is 3. The maximum absolute atomic E-state index is 12.9. The summed E-state index contributed by atoms with van der Waals surface area (Å²) in [6.07, 6.45) is 3.94. The van der Waals surface area contributed by atoms with Crippen LogP contribution < -0.4 is 10.3 Å². The lowest BCUT2D eigenvalue weighted by molar-refractivity contribution is 0.183. The number of hydrogen-bond acceptors (Lipinski definition) is 4. The smallest absolute Gasteiger partial charge is 0.265 e. The molecule has 1 aliphatic rings. The van der Waals surface area contributed by atoms with Crippen molar-refractivity contribution in [2.24, 2.45) is 0 Å². The van der Waals surface area contributed by atoms with E-state index in [-0.39, 0.29) is 5.56 Å². The Bertz CT molecular complexity index is 973. The molecule has 0 unspecified atom stereocenters. The van der Waals surface area contributed by atoms with Crippen LogP contribution in [0.1, 0.15) is 25.1 Å². The van der Waals surface area contributed by atoms with Gasteiger partial charge in [-0.3, -0.25) is 14.3 Å². The monoisotopic (exact) mass is 363 g/mol. The summed E-state index contributed by atoms with van der Waals surface area (Å²) in [5.41, 5.74) is 1.49. The number of piperidine rings is 1. The van der Waals surface area contributed by atoms with Crippen LogP contribution in [0.25, 0.3) is 16.6 Å². The zero-order valence-corrected chi connectivity index (χ0v) is 15.7. The molecule has 2 aromatic carbocycles. The molecule has 1 fully saturated rings. The van der Waals surface area contributed by atoms with Gasteiger partial charge in [0, 0.05) is 6.54 Å². The third-order valence-electron chi connectivity index (χ3n) is 5.16. The summed E-state index contributed by atoms with van der Waals surface area (Å²) in [6, 6.07) is 15.1. The van der Waals surface area contributed by atoms with E-state index in [1.54, 1.807) is 4.57 Å². The van der Waals surface area contributed by atoms with E-state index in [2.05, 4.69) is 9.88 Å². The van der Waals surface area contributed by atoms with Crippen LogP contribution in [0.2, 0.25) is 0 Å². The zero-order valence-electron chi connectivity index (χ0n) is 15.7. The summed E-state index contributed by atoms with van der Waals surface area (Å²) < 4.78 is 7.54. The van der Waals surface area contributed by atoms with E-state index in [4.69, 9.17) is 4.74 Å². The topological polar surface area (TPSA) is 47.4 Å². The molecule has 0 aliphatic carbocycles. The SMILES string of the molecule is Cc1nc2ccccc2c(=O)n1-c1ccc(OCCN2CCCCC2)cc1. The van der Waals surface area contributed by atoms with Crippen LogP contribution in [0.15, 0.2) is 53.3 Å². The quantitative estimate of drug-likeness (QED) is 0.695. The molecule has 0 N–H and O–H groups in total. The summed E-state index contributed by atoms with van der Waals surface area (Å²) in [4.78, 5) is 19.9. The van der Waals surface area contributed by atoms with Crippen molar-refractivity contribution in [3.63, 3.8) is 0 Å². The predicted molar refractivity (Wildman–Crippen MR) is 108 cm³/mol. The van der Waals surface area contributed by atoms with Gasteiger partial charge in [0.2, 0.25) is 0 Å². The molecule has 0 bridgehead atoms. The van der Waals surface area contributed by atoms with Crippen LogP contribution in [0.5, 0.6) is 5.75 Å². The minimum absolute atomic E-state index is 0.0446. The van der Waals surface area contributed by atoms with Gasteiger partial charge in [-0.25, -0.2) is 4.98 Å². The molecular weight excluding hydrogens is 338 g/mol. The third kappa shape index (κ3) is 3.88. The molecule has 0 radical (unpaired) electrons. The van der Waals surface area contributed by atoms with Gasteiger partial charge in [-0.2, -0.15) is 0 Å². The fourth-order valence-electron chi connectivity index (χ4n) is 3.71. The number of ether oxygens (including phenoxy) is 1. The Labute approximate surface area is 159 Å². The molecule has 1 aromatic heterocycles. The number of fused-ring (bicyclic) bond motifs is 1. The van der Waals surface area contributed by atoms with E-state index in [9.17, 15) is 4.79 Å². The van der Waals surface area contributed by atoms with E-state index in [1.807, 2.05) is 55.5 Å². The second kappa shape index (κ2) is 7.92. The second-order valence-corrected chi connectivity index (χ2v) is 7.06. The molecule has 1 aliphatic heterocycles. The van der Waals surface area contributed by atoms with Gasteiger partial charge in [0.25, 0.3) is 5.56 Å². The normalized spacial score (nSPS) is 15.1. The molecule has 0 amide bonds. The molecule has 2 heterocycles. The van der Waals surface area contributed by atoms with Crippen LogP contribution in [0.3, 0.4) is 0 Å². The Morgan fingerprint density at radius 3 is 2.52 bits per heavy atom. The van der Waals surface area contributed by atoms with Crippen molar-refractivity contribution in [2.75, 3.05) is 26.2 Å². The minimum atomic E-state index is -0.0446. The van der Waals surface area contributed by atoms with Gasteiger partial charge in [-0.05, 0) is 69.3 Å². The summed E-state index contributed by atoms with van der Waals surface area (Å²) in [7, 11) is 0. The van der Waals surface area contributed by atoms with Crippen molar-refractivity contribution in [3.8, 4) is 11.4 Å². The largest absolute Gasteiger partial charge is 0.492 e. The van der Waals surface area contributed by atoms with Crippen molar-refractivity contribution >= 4 is 10.9 Å². The highest BCUT2D eigenvalue weighted by molar-refractivity contribution is 5.77. The van der Waals surface area contributed by atoms with Crippen molar-refractivity contribution < 1.29 is 4.74 Å². The fourth-order valence-corrected chi connectivity index (χ4v) is 3.71.